The third-order valence-corrected chi connectivity index (χ3v) is 14.2. The predicted octanol–water partition coefficient (Wildman–Crippen LogP) is 8.55. The summed E-state index contributed by atoms with van der Waals surface area (Å²) in [6.07, 6.45) is 0.535. The Morgan fingerprint density at radius 3 is 2.03 bits per heavy atom. The first-order chi connectivity index (χ1) is 18.2. The smallest absolute Gasteiger partial charge is 0.231 e. The van der Waals surface area contributed by atoms with Crippen LogP contribution in [0.15, 0.2) is 21.1 Å². The van der Waals surface area contributed by atoms with E-state index in [2.05, 4.69) is 79.6 Å². The second-order valence-corrected chi connectivity index (χ2v) is 17.8. The van der Waals surface area contributed by atoms with Crippen molar-refractivity contribution in [3.05, 3.63) is 32.2 Å². The Balaban J connectivity index is 2.09. The van der Waals surface area contributed by atoms with Gasteiger partial charge in [-0.05, 0) is 85.9 Å². The van der Waals surface area contributed by atoms with Crippen LogP contribution in [0.2, 0.25) is 18.1 Å². The van der Waals surface area contributed by atoms with E-state index in [0.29, 0.717) is 34.5 Å². The van der Waals surface area contributed by atoms with Gasteiger partial charge in [-0.2, -0.15) is 0 Å². The summed E-state index contributed by atoms with van der Waals surface area (Å²) in [6, 6.07) is 4.04. The molecule has 7 nitrogen and oxygen atoms in total. The topological polar surface area (TPSA) is 64.6 Å². The molecule has 39 heavy (non-hydrogen) atoms. The summed E-state index contributed by atoms with van der Waals surface area (Å²) in [5.74, 6) is 4.03. The van der Waals surface area contributed by atoms with Gasteiger partial charge in [0.05, 0.1) is 43.5 Å². The van der Waals surface area contributed by atoms with E-state index in [9.17, 15) is 0 Å². The molecule has 1 aliphatic heterocycles. The lowest BCUT2D eigenvalue weighted by Gasteiger charge is -2.42. The van der Waals surface area contributed by atoms with E-state index < -0.39 is 8.32 Å². The van der Waals surface area contributed by atoms with Gasteiger partial charge in [-0.25, -0.2) is 0 Å². The molecule has 0 amide bonds. The summed E-state index contributed by atoms with van der Waals surface area (Å²) in [5.41, 5.74) is 2.06. The lowest BCUT2D eigenvalue weighted by Crippen LogP contribution is -2.43. The van der Waals surface area contributed by atoms with E-state index in [0.717, 1.165) is 26.5 Å². The molecule has 2 aromatic carbocycles. The maximum absolute atomic E-state index is 7.19. The molecule has 0 saturated heterocycles. The van der Waals surface area contributed by atoms with Crippen LogP contribution in [-0.4, -0.2) is 43.5 Å². The number of benzene rings is 2. The fraction of sp³-hybridized carbons (Fsp3) is 0.586. The number of halogens is 2. The van der Waals surface area contributed by atoms with Crippen molar-refractivity contribution < 1.29 is 32.8 Å². The lowest BCUT2D eigenvalue weighted by molar-refractivity contribution is 0.0948. The number of hydrogen-bond donors (Lipinski definition) is 0. The number of ether oxygens (including phenoxy) is 6. The highest BCUT2D eigenvalue weighted by Crippen LogP contribution is 2.52. The minimum atomic E-state index is -2.19. The molecule has 0 aliphatic carbocycles. The normalized spacial score (nSPS) is 15.5. The summed E-state index contributed by atoms with van der Waals surface area (Å²) < 4.78 is 43.0. The maximum Gasteiger partial charge on any atom is 0.231 e. The highest BCUT2D eigenvalue weighted by molar-refractivity contribution is 9.11. The van der Waals surface area contributed by atoms with Crippen LogP contribution in [0.4, 0.5) is 0 Å². The van der Waals surface area contributed by atoms with Crippen molar-refractivity contribution in [3.8, 4) is 34.5 Å². The standard InChI is InChI=1S/C29H42Br2O7Si/c1-16(12-18-13-21-26(37-15-36-21)27(34-8)22(18)30)17(2)24(38-39(10,11)29(3,4)5)19-14-20(32-6)25(33-7)28(35-9)23(19)31/h13-14,16-17,24H,12,15H2,1-11H3/t16-,17-,24-/m0/s1. The van der Waals surface area contributed by atoms with E-state index in [4.69, 9.17) is 32.8 Å². The maximum atomic E-state index is 7.19. The molecule has 0 N–H and O–H groups in total. The van der Waals surface area contributed by atoms with E-state index in [1.807, 2.05) is 12.1 Å². The molecule has 0 fully saturated rings. The fourth-order valence-corrected chi connectivity index (χ4v) is 7.13. The van der Waals surface area contributed by atoms with Gasteiger partial charge in [0.25, 0.3) is 0 Å². The molecule has 0 bridgehead atoms. The molecule has 0 saturated carbocycles. The highest BCUT2D eigenvalue weighted by Gasteiger charge is 2.42. The van der Waals surface area contributed by atoms with Gasteiger partial charge in [-0.1, -0.05) is 34.6 Å². The van der Waals surface area contributed by atoms with Crippen molar-refractivity contribution in [3.63, 3.8) is 0 Å². The predicted molar refractivity (Wildman–Crippen MR) is 164 cm³/mol. The molecule has 1 aliphatic rings. The molecular weight excluding hydrogens is 648 g/mol. The van der Waals surface area contributed by atoms with Crippen LogP contribution < -0.4 is 28.4 Å². The SMILES string of the molecule is COc1cc([C@@H](O[Si](C)(C)C(C)(C)C)[C@@H](C)[C@@H](C)Cc2cc3c(c(OC)c2Br)OCO3)c(Br)c(OC)c1OC. The minimum absolute atomic E-state index is 0.0229. The number of methoxy groups -OCH3 is 4. The molecule has 1 heterocycles. The van der Waals surface area contributed by atoms with Gasteiger partial charge in [-0.15, -0.1) is 0 Å². The molecule has 2 aromatic rings. The molecule has 0 radical (unpaired) electrons. The Labute approximate surface area is 251 Å². The Kier molecular flexibility index (Phi) is 10.2. The molecule has 3 rings (SSSR count). The Hall–Kier alpha value is -1.62. The Morgan fingerprint density at radius 1 is 0.872 bits per heavy atom. The van der Waals surface area contributed by atoms with Crippen molar-refractivity contribution >= 4 is 40.2 Å². The zero-order chi connectivity index (χ0) is 29.3. The van der Waals surface area contributed by atoms with E-state index >= 15 is 0 Å². The fourth-order valence-electron chi connectivity index (χ4n) is 4.50. The number of fused-ring (bicyclic) bond motifs is 1. The lowest BCUT2D eigenvalue weighted by atomic mass is 9.83. The minimum Gasteiger partial charge on any atom is -0.493 e. The van der Waals surface area contributed by atoms with Crippen molar-refractivity contribution in [2.24, 2.45) is 11.8 Å². The van der Waals surface area contributed by atoms with Crippen LogP contribution in [0.3, 0.4) is 0 Å². The molecule has 0 unspecified atom stereocenters. The van der Waals surface area contributed by atoms with Crippen molar-refractivity contribution in [1.82, 2.24) is 0 Å². The van der Waals surface area contributed by atoms with Crippen LogP contribution >= 0.6 is 31.9 Å². The van der Waals surface area contributed by atoms with E-state index in [1.54, 1.807) is 28.4 Å². The average molecular weight is 691 g/mol. The van der Waals surface area contributed by atoms with E-state index in [-0.39, 0.29) is 29.8 Å². The summed E-state index contributed by atoms with van der Waals surface area (Å²) in [5, 5.41) is 0.0229. The second kappa shape index (κ2) is 12.5. The largest absolute Gasteiger partial charge is 0.493 e. The van der Waals surface area contributed by atoms with Crippen LogP contribution in [0.5, 0.6) is 34.5 Å². The molecule has 3 atom stereocenters. The average Bonchev–Trinajstić information content (AvgIpc) is 3.34. The monoisotopic (exact) mass is 688 g/mol. The highest BCUT2D eigenvalue weighted by atomic mass is 79.9. The summed E-state index contributed by atoms with van der Waals surface area (Å²) in [7, 11) is 4.33. The quantitative estimate of drug-likeness (QED) is 0.219. The molecule has 0 spiro atoms. The van der Waals surface area contributed by atoms with Crippen LogP contribution in [0.1, 0.15) is 51.8 Å². The van der Waals surface area contributed by atoms with Crippen LogP contribution in [-0.2, 0) is 10.8 Å². The molecule has 218 valence electrons. The van der Waals surface area contributed by atoms with Crippen LogP contribution in [0.25, 0.3) is 0 Å². The molecular formula is C29H42Br2O7Si. The van der Waals surface area contributed by atoms with Gasteiger partial charge in [0.2, 0.25) is 18.3 Å². The first kappa shape index (κ1) is 31.9. The van der Waals surface area contributed by atoms with Gasteiger partial charge in [0.15, 0.2) is 31.3 Å². The first-order valence-electron chi connectivity index (χ1n) is 13.0. The Morgan fingerprint density at radius 2 is 1.49 bits per heavy atom. The summed E-state index contributed by atoms with van der Waals surface area (Å²) in [4.78, 5) is 0. The van der Waals surface area contributed by atoms with Crippen molar-refractivity contribution in [1.29, 1.82) is 0 Å². The molecule has 10 heteroatoms. The van der Waals surface area contributed by atoms with Gasteiger partial charge in [-0.3, -0.25) is 0 Å². The van der Waals surface area contributed by atoms with Crippen molar-refractivity contribution in [2.45, 2.75) is 65.3 Å². The van der Waals surface area contributed by atoms with Gasteiger partial charge < -0.3 is 32.8 Å². The zero-order valence-corrected chi connectivity index (χ0v) is 29.1. The van der Waals surface area contributed by atoms with Crippen LogP contribution in [0, 0.1) is 11.8 Å². The first-order valence-corrected chi connectivity index (χ1v) is 17.5. The third-order valence-electron chi connectivity index (χ3n) is 8.09. The van der Waals surface area contributed by atoms with Crippen molar-refractivity contribution in [2.75, 3.05) is 35.2 Å². The Bertz CT molecular complexity index is 1180. The summed E-state index contributed by atoms with van der Waals surface area (Å²) in [6.45, 7) is 16.0. The second-order valence-electron chi connectivity index (χ2n) is 11.5. The van der Waals surface area contributed by atoms with Gasteiger partial charge in [0.1, 0.15) is 0 Å². The summed E-state index contributed by atoms with van der Waals surface area (Å²) >= 11 is 7.58. The number of rotatable bonds is 11. The zero-order valence-electron chi connectivity index (χ0n) is 24.9. The van der Waals surface area contributed by atoms with E-state index in [1.165, 1.54) is 0 Å². The van der Waals surface area contributed by atoms with Gasteiger partial charge >= 0.3 is 0 Å². The number of hydrogen-bond acceptors (Lipinski definition) is 7. The molecule has 0 aromatic heterocycles. The van der Waals surface area contributed by atoms with Gasteiger partial charge in [0, 0.05) is 5.56 Å². The third kappa shape index (κ3) is 6.34.